The van der Waals surface area contributed by atoms with E-state index < -0.39 is 16.3 Å². The van der Waals surface area contributed by atoms with Crippen molar-refractivity contribution in [2.24, 2.45) is 11.1 Å². The van der Waals surface area contributed by atoms with Gasteiger partial charge in [-0.05, 0) is 66.6 Å². The quantitative estimate of drug-likeness (QED) is 0.158. The van der Waals surface area contributed by atoms with Crippen LogP contribution in [-0.4, -0.2) is 10.7 Å². The second-order valence-electron chi connectivity index (χ2n) is 11.9. The van der Waals surface area contributed by atoms with Crippen molar-refractivity contribution in [2.45, 2.75) is 57.1 Å². The molecule has 0 radical (unpaired) electrons. The Morgan fingerprint density at radius 3 is 2.48 bits per heavy atom. The highest BCUT2D eigenvalue weighted by molar-refractivity contribution is 7.98. The van der Waals surface area contributed by atoms with Crippen LogP contribution in [0.4, 0.5) is 11.4 Å². The first-order valence-corrected chi connectivity index (χ1v) is 15.9. The van der Waals surface area contributed by atoms with Crippen molar-refractivity contribution in [3.05, 3.63) is 119 Å². The number of Topliss-reactive ketones (excluding diaryl/α,β-unsaturated/α-hetero) is 1. The largest absolute Gasteiger partial charge is 0.384 e. The van der Waals surface area contributed by atoms with Crippen molar-refractivity contribution in [1.82, 2.24) is 0 Å². The smallest absolute Gasteiger partial charge is 0.271 e. The average molecular weight is 668 g/mol. The Kier molecular flexibility index (Phi) is 8.80. The van der Waals surface area contributed by atoms with Crippen LogP contribution in [0.1, 0.15) is 54.9 Å². The number of nitro groups is 1. The SMILES string of the molecule is Cc1cc(CSc2cc(Cl)ccc2Cl)c(C)c(C2C(C#N)=C(N)N(c3cc([N+](=O)[O-])ccc3Cl)C3=C2C(=O)CC(C)(C)C3)c1. The fraction of sp³-hybridized carbons (Fsp3) is 0.273. The van der Waals surface area contributed by atoms with E-state index in [2.05, 4.69) is 12.1 Å². The number of allylic oxidation sites excluding steroid dienone is 3. The molecule has 11 heteroatoms. The molecule has 1 aliphatic heterocycles. The number of rotatable bonds is 6. The van der Waals surface area contributed by atoms with Crippen LogP contribution in [0, 0.1) is 40.7 Å². The second-order valence-corrected chi connectivity index (χ2v) is 14.1. The maximum absolute atomic E-state index is 14.1. The molecule has 0 bridgehead atoms. The average Bonchev–Trinajstić information content (AvgIpc) is 2.94. The van der Waals surface area contributed by atoms with E-state index in [1.807, 2.05) is 39.8 Å². The van der Waals surface area contributed by atoms with Crippen LogP contribution >= 0.6 is 46.6 Å². The molecule has 3 aromatic rings. The Labute approximate surface area is 275 Å². The van der Waals surface area contributed by atoms with Gasteiger partial charge in [-0.15, -0.1) is 11.8 Å². The highest BCUT2D eigenvalue weighted by Crippen LogP contribution is 2.52. The molecule has 44 heavy (non-hydrogen) atoms. The molecule has 0 amide bonds. The van der Waals surface area contributed by atoms with Crippen molar-refractivity contribution in [3.63, 3.8) is 0 Å². The van der Waals surface area contributed by atoms with Crippen LogP contribution in [0.25, 0.3) is 0 Å². The number of nitro benzene ring substituents is 1. The van der Waals surface area contributed by atoms with Gasteiger partial charge in [0.1, 0.15) is 5.82 Å². The number of carbonyl (C=O) groups is 1. The minimum Gasteiger partial charge on any atom is -0.384 e. The standard InChI is InChI=1S/C33H29Cl3N4O3S/c1-17-9-19(16-44-29-11-20(34)5-7-25(29)36)18(2)22(10-17)30-23(15-37)32(38)39(26-12-21(40(42)43)6-8-24(26)35)27-13-33(3,4)14-28(41)31(27)30/h5-12,30H,13-14,16,38H2,1-4H3. The molecule has 0 aromatic heterocycles. The van der Waals surface area contributed by atoms with E-state index in [1.54, 1.807) is 28.8 Å². The number of ketones is 1. The monoisotopic (exact) mass is 666 g/mol. The molecular weight excluding hydrogens is 639 g/mol. The van der Waals surface area contributed by atoms with E-state index in [1.165, 1.54) is 18.2 Å². The first-order chi connectivity index (χ1) is 20.7. The lowest BCUT2D eigenvalue weighted by atomic mass is 9.68. The third-order valence-corrected chi connectivity index (χ3v) is 10.2. The fourth-order valence-corrected chi connectivity index (χ4v) is 7.78. The van der Waals surface area contributed by atoms with Crippen molar-refractivity contribution >= 4 is 63.7 Å². The molecule has 0 spiro atoms. The van der Waals surface area contributed by atoms with Crippen molar-refractivity contribution in [2.75, 3.05) is 4.90 Å². The Hall–Kier alpha value is -3.48. The van der Waals surface area contributed by atoms with Crippen LogP contribution in [0.15, 0.2) is 76.1 Å². The summed E-state index contributed by atoms with van der Waals surface area (Å²) in [6, 6.07) is 15.8. The van der Waals surface area contributed by atoms with Gasteiger partial charge in [-0.1, -0.05) is 66.3 Å². The molecule has 7 nitrogen and oxygen atoms in total. The first kappa shape index (κ1) is 31.9. The molecule has 3 aromatic carbocycles. The normalized spacial score (nSPS) is 17.9. The zero-order valence-corrected chi connectivity index (χ0v) is 27.6. The highest BCUT2D eigenvalue weighted by atomic mass is 35.5. The summed E-state index contributed by atoms with van der Waals surface area (Å²) in [5.74, 6) is -0.149. The Balaban J connectivity index is 1.70. The van der Waals surface area contributed by atoms with Crippen molar-refractivity contribution in [3.8, 4) is 6.07 Å². The number of benzene rings is 3. The van der Waals surface area contributed by atoms with Gasteiger partial charge in [0.05, 0.1) is 38.2 Å². The third kappa shape index (κ3) is 5.94. The summed E-state index contributed by atoms with van der Waals surface area (Å²) < 4.78 is 0. The third-order valence-electron chi connectivity index (χ3n) is 8.05. The molecule has 0 saturated heterocycles. The van der Waals surface area contributed by atoms with Crippen LogP contribution < -0.4 is 10.6 Å². The summed E-state index contributed by atoms with van der Waals surface area (Å²) in [5, 5.41) is 23.6. The summed E-state index contributed by atoms with van der Waals surface area (Å²) in [7, 11) is 0. The number of non-ortho nitro benzene ring substituents is 1. The topological polar surface area (TPSA) is 113 Å². The summed E-state index contributed by atoms with van der Waals surface area (Å²) in [5.41, 5.74) is 11.4. The maximum atomic E-state index is 14.1. The Morgan fingerprint density at radius 2 is 1.80 bits per heavy atom. The minimum atomic E-state index is -0.717. The van der Waals surface area contributed by atoms with E-state index >= 15 is 0 Å². The van der Waals surface area contributed by atoms with E-state index in [9.17, 15) is 20.2 Å². The zero-order chi connectivity index (χ0) is 32.1. The van der Waals surface area contributed by atoms with Gasteiger partial charge in [0.25, 0.3) is 5.69 Å². The van der Waals surface area contributed by atoms with Gasteiger partial charge in [-0.2, -0.15) is 5.26 Å². The van der Waals surface area contributed by atoms with Crippen molar-refractivity contribution < 1.29 is 9.72 Å². The molecule has 226 valence electrons. The number of carbonyl (C=O) groups excluding carboxylic acids is 1. The lowest BCUT2D eigenvalue weighted by Crippen LogP contribution is -2.42. The van der Waals surface area contributed by atoms with Gasteiger partial charge in [-0.3, -0.25) is 19.8 Å². The molecular formula is C33H29Cl3N4O3S. The van der Waals surface area contributed by atoms with Gasteiger partial charge in [0, 0.05) is 45.5 Å². The minimum absolute atomic E-state index is 0.0895. The van der Waals surface area contributed by atoms with Gasteiger partial charge in [-0.25, -0.2) is 0 Å². The van der Waals surface area contributed by atoms with E-state index in [0.29, 0.717) is 33.5 Å². The lowest BCUT2D eigenvalue weighted by Gasteiger charge is -2.44. The Bertz CT molecular complexity index is 1840. The summed E-state index contributed by atoms with van der Waals surface area (Å²) in [6.45, 7) is 7.94. The molecule has 1 unspecified atom stereocenters. The summed E-state index contributed by atoms with van der Waals surface area (Å²) in [4.78, 5) is 27.6. The predicted molar refractivity (Wildman–Crippen MR) is 177 cm³/mol. The predicted octanol–water partition coefficient (Wildman–Crippen LogP) is 9.41. The number of hydrogen-bond acceptors (Lipinski definition) is 7. The van der Waals surface area contributed by atoms with Gasteiger partial charge < -0.3 is 5.73 Å². The molecule has 2 N–H and O–H groups in total. The van der Waals surface area contributed by atoms with Gasteiger partial charge >= 0.3 is 0 Å². The summed E-state index contributed by atoms with van der Waals surface area (Å²) >= 11 is 20.8. The number of nitrogens with two attached hydrogens (primary N) is 1. The van der Waals surface area contributed by atoms with Gasteiger partial charge in [0.15, 0.2) is 5.78 Å². The highest BCUT2D eigenvalue weighted by Gasteiger charge is 2.45. The van der Waals surface area contributed by atoms with E-state index in [-0.39, 0.29) is 40.0 Å². The molecule has 0 fully saturated rings. The molecule has 1 aliphatic carbocycles. The van der Waals surface area contributed by atoms with Crippen LogP contribution in [0.3, 0.4) is 0 Å². The van der Waals surface area contributed by atoms with Crippen LogP contribution in [-0.2, 0) is 10.5 Å². The first-order valence-electron chi connectivity index (χ1n) is 13.8. The molecule has 1 heterocycles. The van der Waals surface area contributed by atoms with Crippen LogP contribution in [0.5, 0.6) is 0 Å². The van der Waals surface area contributed by atoms with Gasteiger partial charge in [0.2, 0.25) is 0 Å². The number of aryl methyl sites for hydroxylation is 1. The number of nitriles is 1. The van der Waals surface area contributed by atoms with Crippen molar-refractivity contribution in [1.29, 1.82) is 5.26 Å². The molecule has 5 rings (SSSR count). The number of thioether (sulfide) groups is 1. The Morgan fingerprint density at radius 1 is 1.09 bits per heavy atom. The van der Waals surface area contributed by atoms with Crippen LogP contribution in [0.2, 0.25) is 15.1 Å². The number of nitrogens with zero attached hydrogens (tertiary/aromatic N) is 3. The second kappa shape index (κ2) is 12.1. The maximum Gasteiger partial charge on any atom is 0.271 e. The number of hydrogen-bond donors (Lipinski definition) is 1. The fourth-order valence-electron chi connectivity index (χ4n) is 6.04. The number of halogens is 3. The molecule has 0 saturated carbocycles. The summed E-state index contributed by atoms with van der Waals surface area (Å²) in [6.07, 6.45) is 0.724. The van der Waals surface area contributed by atoms with E-state index in [0.717, 1.165) is 27.1 Å². The number of anilines is 1. The molecule has 2 aliphatic rings. The molecule has 1 atom stereocenters. The lowest BCUT2D eigenvalue weighted by molar-refractivity contribution is -0.384. The van der Waals surface area contributed by atoms with E-state index in [4.69, 9.17) is 40.5 Å². The zero-order valence-electron chi connectivity index (χ0n) is 24.5.